The summed E-state index contributed by atoms with van der Waals surface area (Å²) in [6.07, 6.45) is 2.41. The number of ketones is 1. The molecule has 0 N–H and O–H groups in total. The van der Waals surface area contributed by atoms with Gasteiger partial charge < -0.3 is 4.57 Å². The van der Waals surface area contributed by atoms with Gasteiger partial charge in [-0.3, -0.25) is 14.9 Å². The highest BCUT2D eigenvalue weighted by Gasteiger charge is 2.15. The van der Waals surface area contributed by atoms with Crippen LogP contribution in [-0.2, 0) is 7.05 Å². The predicted molar refractivity (Wildman–Crippen MR) is 51.4 cm³/mol. The van der Waals surface area contributed by atoms with Crippen molar-refractivity contribution < 1.29 is 9.72 Å². The van der Waals surface area contributed by atoms with Gasteiger partial charge in [-0.2, -0.15) is 0 Å². The van der Waals surface area contributed by atoms with E-state index in [9.17, 15) is 14.9 Å². The number of halogens is 1. The van der Waals surface area contributed by atoms with E-state index < -0.39 is 4.92 Å². The van der Waals surface area contributed by atoms with Crippen LogP contribution in [0, 0.1) is 10.1 Å². The first-order chi connectivity index (χ1) is 6.56. The lowest BCUT2D eigenvalue weighted by atomic mass is 10.3. The number of carbonyl (C=O) groups excluding carboxylic acids is 1. The van der Waals surface area contributed by atoms with Gasteiger partial charge in [-0.15, -0.1) is 0 Å². The molecule has 5 nitrogen and oxygen atoms in total. The van der Waals surface area contributed by atoms with Crippen LogP contribution in [0.3, 0.4) is 0 Å². The zero-order valence-corrected chi connectivity index (χ0v) is 8.06. The number of hydrogen-bond donors (Lipinski definition) is 0. The second-order valence-corrected chi connectivity index (χ2v) is 2.86. The van der Waals surface area contributed by atoms with Gasteiger partial charge in [-0.1, -0.05) is 11.6 Å². The van der Waals surface area contributed by atoms with Crippen LogP contribution in [0.15, 0.2) is 23.9 Å². The lowest BCUT2D eigenvalue weighted by molar-refractivity contribution is -0.384. The van der Waals surface area contributed by atoms with Crippen molar-refractivity contribution >= 4 is 23.1 Å². The molecule has 0 aromatic carbocycles. The Bertz CT molecular complexity index is 409. The van der Waals surface area contributed by atoms with E-state index in [1.165, 1.54) is 16.8 Å². The average molecular weight is 215 g/mol. The smallest absolute Gasteiger partial charge is 0.287 e. The lowest BCUT2D eigenvalue weighted by Crippen LogP contribution is -2.01. The number of rotatable bonds is 3. The van der Waals surface area contributed by atoms with Crippen molar-refractivity contribution in [3.8, 4) is 0 Å². The lowest BCUT2D eigenvalue weighted by Gasteiger charge is -1.94. The van der Waals surface area contributed by atoms with Gasteiger partial charge in [0.05, 0.1) is 16.8 Å². The van der Waals surface area contributed by atoms with Crippen LogP contribution in [0.1, 0.15) is 10.5 Å². The van der Waals surface area contributed by atoms with Crippen LogP contribution in [0.2, 0.25) is 0 Å². The zero-order valence-electron chi connectivity index (χ0n) is 7.31. The molecule has 0 unspecified atom stereocenters. The fourth-order valence-electron chi connectivity index (χ4n) is 1.03. The van der Waals surface area contributed by atoms with E-state index in [-0.39, 0.29) is 17.2 Å². The van der Waals surface area contributed by atoms with Crippen LogP contribution < -0.4 is 0 Å². The highest BCUT2D eigenvalue weighted by atomic mass is 35.5. The van der Waals surface area contributed by atoms with E-state index in [4.69, 9.17) is 11.6 Å². The molecular formula is C8H7ClN2O3. The molecule has 0 aliphatic rings. The molecule has 0 bridgehead atoms. The Morgan fingerprint density at radius 3 is 2.79 bits per heavy atom. The van der Waals surface area contributed by atoms with Crippen LogP contribution in [0.25, 0.3) is 0 Å². The molecule has 0 amide bonds. The van der Waals surface area contributed by atoms with Crippen molar-refractivity contribution in [1.29, 1.82) is 0 Å². The molecule has 0 aliphatic carbocycles. The standard InChI is InChI=1S/C8H7ClN2O3/c1-10-5-6(11(13)14)4-7(10)8(12)2-3-9/h2-5H,1H3/b3-2+. The van der Waals surface area contributed by atoms with E-state index in [2.05, 4.69) is 0 Å². The van der Waals surface area contributed by atoms with Crippen LogP contribution in [0.4, 0.5) is 5.69 Å². The number of carbonyl (C=O) groups is 1. The molecule has 1 rings (SSSR count). The van der Waals surface area contributed by atoms with E-state index in [0.717, 1.165) is 11.6 Å². The summed E-state index contributed by atoms with van der Waals surface area (Å²) < 4.78 is 1.39. The van der Waals surface area contributed by atoms with Crippen molar-refractivity contribution in [2.45, 2.75) is 0 Å². The third kappa shape index (κ3) is 2.00. The monoisotopic (exact) mass is 214 g/mol. The van der Waals surface area contributed by atoms with Gasteiger partial charge in [0.25, 0.3) is 5.69 Å². The van der Waals surface area contributed by atoms with E-state index >= 15 is 0 Å². The van der Waals surface area contributed by atoms with Gasteiger partial charge >= 0.3 is 0 Å². The molecule has 0 saturated carbocycles. The van der Waals surface area contributed by atoms with Crippen molar-refractivity contribution in [2.24, 2.45) is 7.05 Å². The summed E-state index contributed by atoms with van der Waals surface area (Å²) in [5, 5.41) is 10.4. The first kappa shape index (κ1) is 10.5. The van der Waals surface area contributed by atoms with E-state index in [0.29, 0.717) is 0 Å². The maximum absolute atomic E-state index is 11.3. The molecule has 0 radical (unpaired) electrons. The summed E-state index contributed by atoms with van der Waals surface area (Å²) in [4.78, 5) is 21.1. The van der Waals surface area contributed by atoms with Crippen molar-refractivity contribution in [3.63, 3.8) is 0 Å². The third-order valence-corrected chi connectivity index (χ3v) is 1.79. The average Bonchev–Trinajstić information content (AvgIpc) is 2.48. The number of allylic oxidation sites excluding steroid dienone is 1. The predicted octanol–water partition coefficient (Wildman–Crippen LogP) is 1.87. The highest BCUT2D eigenvalue weighted by molar-refractivity contribution is 6.27. The van der Waals surface area contributed by atoms with Crippen molar-refractivity contribution in [3.05, 3.63) is 39.7 Å². The summed E-state index contributed by atoms with van der Waals surface area (Å²) in [5.74, 6) is -0.365. The Balaban J connectivity index is 3.10. The first-order valence-electron chi connectivity index (χ1n) is 3.68. The normalized spacial score (nSPS) is 10.7. The summed E-state index contributed by atoms with van der Waals surface area (Å²) in [5.41, 5.74) is 1.19. The molecule has 0 spiro atoms. The molecule has 74 valence electrons. The Hall–Kier alpha value is -1.62. The number of aryl methyl sites for hydroxylation is 1. The minimum Gasteiger partial charge on any atom is -0.342 e. The van der Waals surface area contributed by atoms with Gasteiger partial charge in [0, 0.05) is 18.6 Å². The Morgan fingerprint density at radius 1 is 1.71 bits per heavy atom. The molecule has 1 heterocycles. The fraction of sp³-hybridized carbons (Fsp3) is 0.125. The largest absolute Gasteiger partial charge is 0.342 e. The zero-order chi connectivity index (χ0) is 10.7. The Kier molecular flexibility index (Phi) is 3.03. The fourth-order valence-corrected chi connectivity index (χ4v) is 1.15. The molecule has 0 fully saturated rings. The molecule has 6 heteroatoms. The summed E-state index contributed by atoms with van der Waals surface area (Å²) in [7, 11) is 1.56. The number of aromatic nitrogens is 1. The number of nitro groups is 1. The van der Waals surface area contributed by atoms with Gasteiger partial charge in [0.2, 0.25) is 5.78 Å². The molecule has 1 aromatic heterocycles. The topological polar surface area (TPSA) is 65.1 Å². The van der Waals surface area contributed by atoms with E-state index in [1.807, 2.05) is 0 Å². The molecule has 1 aromatic rings. The number of hydrogen-bond acceptors (Lipinski definition) is 3. The van der Waals surface area contributed by atoms with Crippen LogP contribution in [-0.4, -0.2) is 15.3 Å². The quantitative estimate of drug-likeness (QED) is 0.334. The SMILES string of the molecule is Cn1cc([N+](=O)[O-])cc1C(=O)/C=C/Cl. The second-order valence-electron chi connectivity index (χ2n) is 2.61. The Labute approximate surface area is 84.7 Å². The maximum Gasteiger partial charge on any atom is 0.287 e. The molecule has 0 saturated heterocycles. The minimum absolute atomic E-state index is 0.112. The van der Waals surface area contributed by atoms with Crippen molar-refractivity contribution in [2.75, 3.05) is 0 Å². The Morgan fingerprint density at radius 2 is 2.36 bits per heavy atom. The minimum atomic E-state index is -0.554. The molecule has 0 aliphatic heterocycles. The maximum atomic E-state index is 11.3. The first-order valence-corrected chi connectivity index (χ1v) is 4.11. The molecule has 14 heavy (non-hydrogen) atoms. The summed E-state index contributed by atoms with van der Waals surface area (Å²) >= 11 is 5.22. The van der Waals surface area contributed by atoms with Gasteiger partial charge in [0.15, 0.2) is 0 Å². The van der Waals surface area contributed by atoms with Crippen LogP contribution in [0.5, 0.6) is 0 Å². The summed E-state index contributed by atoms with van der Waals surface area (Å²) in [6.45, 7) is 0. The van der Waals surface area contributed by atoms with Gasteiger partial charge in [-0.05, 0) is 6.08 Å². The number of nitrogens with zero attached hydrogens (tertiary/aromatic N) is 2. The third-order valence-electron chi connectivity index (χ3n) is 1.67. The van der Waals surface area contributed by atoms with Gasteiger partial charge in [0.1, 0.15) is 0 Å². The van der Waals surface area contributed by atoms with Crippen molar-refractivity contribution in [1.82, 2.24) is 4.57 Å². The summed E-state index contributed by atoms with van der Waals surface area (Å²) in [6, 6.07) is 1.21. The van der Waals surface area contributed by atoms with Crippen LogP contribution >= 0.6 is 11.6 Å². The molecular weight excluding hydrogens is 208 g/mol. The van der Waals surface area contributed by atoms with Gasteiger partial charge in [-0.25, -0.2) is 0 Å². The second kappa shape index (κ2) is 4.06. The van der Waals surface area contributed by atoms with E-state index in [1.54, 1.807) is 7.05 Å². The highest BCUT2D eigenvalue weighted by Crippen LogP contribution is 2.15. The molecule has 0 atom stereocenters.